The van der Waals surface area contributed by atoms with Crippen LogP contribution in [-0.2, 0) is 17.9 Å². The van der Waals surface area contributed by atoms with E-state index in [1.54, 1.807) is 31.3 Å². The summed E-state index contributed by atoms with van der Waals surface area (Å²) in [7, 11) is 0. The summed E-state index contributed by atoms with van der Waals surface area (Å²) >= 11 is 0. The standard InChI is InChI=1S/C12H15N5O2/c1-8-3-2-4-10(12(8)19)14-11(18)7-17-6-9(5-13)15-16-17/h2-4,6,19H,5,7,13H2,1H3,(H,14,18). The van der Waals surface area contributed by atoms with Crippen LogP contribution in [0, 0.1) is 6.92 Å². The Morgan fingerprint density at radius 3 is 3.00 bits per heavy atom. The Morgan fingerprint density at radius 2 is 2.32 bits per heavy atom. The van der Waals surface area contributed by atoms with Crippen molar-refractivity contribution in [1.82, 2.24) is 15.0 Å². The number of nitrogens with one attached hydrogen (secondary N) is 1. The molecule has 0 aliphatic carbocycles. The summed E-state index contributed by atoms with van der Waals surface area (Å²) in [5.41, 5.74) is 7.10. The number of amides is 1. The lowest BCUT2D eigenvalue weighted by Crippen LogP contribution is -2.19. The molecule has 2 rings (SSSR count). The molecule has 0 fully saturated rings. The Hall–Kier alpha value is -2.41. The second-order valence-electron chi connectivity index (χ2n) is 4.13. The van der Waals surface area contributed by atoms with Crippen LogP contribution in [0.15, 0.2) is 24.4 Å². The number of anilines is 1. The number of nitrogens with zero attached hydrogens (tertiary/aromatic N) is 3. The molecule has 7 nitrogen and oxygen atoms in total. The molecular formula is C12H15N5O2. The summed E-state index contributed by atoms with van der Waals surface area (Å²) in [4.78, 5) is 11.8. The predicted octanol–water partition coefficient (Wildman–Crippen LogP) is 0.390. The van der Waals surface area contributed by atoms with Gasteiger partial charge in [0.2, 0.25) is 5.91 Å². The summed E-state index contributed by atoms with van der Waals surface area (Å²) in [5.74, 6) is -0.230. The fourth-order valence-corrected chi connectivity index (χ4v) is 1.61. The SMILES string of the molecule is Cc1cccc(NC(=O)Cn2cc(CN)nn2)c1O. The third kappa shape index (κ3) is 3.08. The van der Waals surface area contributed by atoms with Crippen molar-refractivity contribution in [3.8, 4) is 5.75 Å². The number of phenols is 1. The smallest absolute Gasteiger partial charge is 0.246 e. The Morgan fingerprint density at radius 1 is 1.53 bits per heavy atom. The molecule has 4 N–H and O–H groups in total. The van der Waals surface area contributed by atoms with Gasteiger partial charge in [0, 0.05) is 6.54 Å². The summed E-state index contributed by atoms with van der Waals surface area (Å²) in [5, 5.41) is 20.0. The zero-order valence-electron chi connectivity index (χ0n) is 10.5. The van der Waals surface area contributed by atoms with Crippen LogP contribution in [0.3, 0.4) is 0 Å². The molecule has 1 aromatic carbocycles. The van der Waals surface area contributed by atoms with E-state index in [0.717, 1.165) is 0 Å². The average molecular weight is 261 g/mol. The molecular weight excluding hydrogens is 246 g/mol. The molecule has 0 spiro atoms. The zero-order valence-corrected chi connectivity index (χ0v) is 10.5. The number of aromatic nitrogens is 3. The van der Waals surface area contributed by atoms with Gasteiger partial charge in [-0.15, -0.1) is 5.10 Å². The highest BCUT2D eigenvalue weighted by atomic mass is 16.3. The van der Waals surface area contributed by atoms with Crippen LogP contribution in [0.25, 0.3) is 0 Å². The number of para-hydroxylation sites is 1. The molecule has 0 saturated heterocycles. The number of rotatable bonds is 4. The van der Waals surface area contributed by atoms with Gasteiger partial charge in [0.1, 0.15) is 12.3 Å². The molecule has 19 heavy (non-hydrogen) atoms. The van der Waals surface area contributed by atoms with E-state index in [4.69, 9.17) is 5.73 Å². The van der Waals surface area contributed by atoms with Gasteiger partial charge in [-0.05, 0) is 18.6 Å². The van der Waals surface area contributed by atoms with E-state index in [9.17, 15) is 9.90 Å². The molecule has 1 amide bonds. The highest BCUT2D eigenvalue weighted by Crippen LogP contribution is 2.26. The van der Waals surface area contributed by atoms with Crippen LogP contribution in [0.5, 0.6) is 5.75 Å². The number of hydrogen-bond donors (Lipinski definition) is 3. The average Bonchev–Trinajstić information content (AvgIpc) is 2.82. The predicted molar refractivity (Wildman–Crippen MR) is 69.4 cm³/mol. The van der Waals surface area contributed by atoms with Gasteiger partial charge in [-0.3, -0.25) is 4.79 Å². The first kappa shape index (κ1) is 13.0. The number of aryl methyl sites for hydroxylation is 1. The van der Waals surface area contributed by atoms with Gasteiger partial charge in [-0.1, -0.05) is 17.3 Å². The first-order chi connectivity index (χ1) is 9.10. The normalized spacial score (nSPS) is 10.4. The van der Waals surface area contributed by atoms with Gasteiger partial charge >= 0.3 is 0 Å². The minimum absolute atomic E-state index is 0.0143. The highest BCUT2D eigenvalue weighted by molar-refractivity contribution is 5.92. The van der Waals surface area contributed by atoms with Crippen LogP contribution < -0.4 is 11.1 Å². The van der Waals surface area contributed by atoms with E-state index < -0.39 is 0 Å². The molecule has 0 aliphatic rings. The second kappa shape index (κ2) is 5.49. The van der Waals surface area contributed by atoms with Gasteiger partial charge in [0.15, 0.2) is 0 Å². The highest BCUT2D eigenvalue weighted by Gasteiger charge is 2.09. The van der Waals surface area contributed by atoms with E-state index in [0.29, 0.717) is 16.9 Å². The van der Waals surface area contributed by atoms with E-state index in [1.165, 1.54) is 4.68 Å². The quantitative estimate of drug-likeness (QED) is 0.690. The summed E-state index contributed by atoms with van der Waals surface area (Å²) in [6.07, 6.45) is 1.61. The lowest BCUT2D eigenvalue weighted by atomic mass is 10.2. The van der Waals surface area contributed by atoms with Crippen LogP contribution in [0.2, 0.25) is 0 Å². The van der Waals surface area contributed by atoms with Crippen molar-refractivity contribution < 1.29 is 9.90 Å². The van der Waals surface area contributed by atoms with E-state index in [1.807, 2.05) is 0 Å². The van der Waals surface area contributed by atoms with E-state index in [2.05, 4.69) is 15.6 Å². The number of carbonyl (C=O) groups excluding carboxylic acids is 1. The summed E-state index contributed by atoms with van der Waals surface area (Å²) in [6.45, 7) is 2.05. The maximum atomic E-state index is 11.8. The molecule has 0 radical (unpaired) electrons. The van der Waals surface area contributed by atoms with Crippen molar-refractivity contribution in [3.05, 3.63) is 35.7 Å². The van der Waals surface area contributed by atoms with Gasteiger partial charge in [-0.25, -0.2) is 4.68 Å². The molecule has 0 saturated carbocycles. The molecule has 100 valence electrons. The fraction of sp³-hybridized carbons (Fsp3) is 0.250. The maximum Gasteiger partial charge on any atom is 0.246 e. The van der Waals surface area contributed by atoms with Crippen molar-refractivity contribution in [2.45, 2.75) is 20.0 Å². The van der Waals surface area contributed by atoms with E-state index in [-0.39, 0.29) is 24.7 Å². The van der Waals surface area contributed by atoms with Gasteiger partial charge in [-0.2, -0.15) is 0 Å². The third-order valence-electron chi connectivity index (χ3n) is 2.61. The molecule has 0 bridgehead atoms. The summed E-state index contributed by atoms with van der Waals surface area (Å²) < 4.78 is 1.39. The lowest BCUT2D eigenvalue weighted by Gasteiger charge is -2.08. The number of nitrogens with two attached hydrogens (primary N) is 1. The van der Waals surface area contributed by atoms with Crippen molar-refractivity contribution in [1.29, 1.82) is 0 Å². The number of benzene rings is 1. The van der Waals surface area contributed by atoms with Crippen molar-refractivity contribution in [2.75, 3.05) is 5.32 Å². The van der Waals surface area contributed by atoms with Crippen molar-refractivity contribution >= 4 is 11.6 Å². The number of carbonyl (C=O) groups is 1. The molecule has 2 aromatic rings. The second-order valence-corrected chi connectivity index (χ2v) is 4.13. The van der Waals surface area contributed by atoms with Crippen LogP contribution in [-0.4, -0.2) is 26.0 Å². The zero-order chi connectivity index (χ0) is 13.8. The minimum atomic E-state index is -0.297. The Kier molecular flexibility index (Phi) is 3.76. The molecule has 7 heteroatoms. The summed E-state index contributed by atoms with van der Waals surface area (Å²) in [6, 6.07) is 5.15. The minimum Gasteiger partial charge on any atom is -0.505 e. The van der Waals surface area contributed by atoms with Crippen molar-refractivity contribution in [3.63, 3.8) is 0 Å². The Labute approximate surface area is 110 Å². The molecule has 1 aromatic heterocycles. The first-order valence-corrected chi connectivity index (χ1v) is 5.77. The largest absolute Gasteiger partial charge is 0.505 e. The Balaban J connectivity index is 2.03. The first-order valence-electron chi connectivity index (χ1n) is 5.77. The Bertz CT molecular complexity index is 594. The van der Waals surface area contributed by atoms with Crippen molar-refractivity contribution in [2.24, 2.45) is 5.73 Å². The van der Waals surface area contributed by atoms with Crippen LogP contribution in [0.1, 0.15) is 11.3 Å². The topological polar surface area (TPSA) is 106 Å². The van der Waals surface area contributed by atoms with Crippen LogP contribution >= 0.6 is 0 Å². The van der Waals surface area contributed by atoms with Crippen LogP contribution in [0.4, 0.5) is 5.69 Å². The molecule has 0 atom stereocenters. The number of phenolic OH excluding ortho intramolecular Hbond substituents is 1. The molecule has 0 aliphatic heterocycles. The lowest BCUT2D eigenvalue weighted by molar-refractivity contribution is -0.116. The number of aromatic hydroxyl groups is 1. The van der Waals surface area contributed by atoms with Gasteiger partial charge in [0.25, 0.3) is 0 Å². The van der Waals surface area contributed by atoms with Gasteiger partial charge in [0.05, 0.1) is 17.6 Å². The van der Waals surface area contributed by atoms with Gasteiger partial charge < -0.3 is 16.2 Å². The van der Waals surface area contributed by atoms with E-state index >= 15 is 0 Å². The molecule has 1 heterocycles. The maximum absolute atomic E-state index is 11.8. The fourth-order valence-electron chi connectivity index (χ4n) is 1.61. The number of hydrogen-bond acceptors (Lipinski definition) is 5. The third-order valence-corrected chi connectivity index (χ3v) is 2.61. The monoisotopic (exact) mass is 261 g/mol. The molecule has 0 unspecified atom stereocenters.